The Hall–Kier alpha value is -2.21. The van der Waals surface area contributed by atoms with Gasteiger partial charge in [-0.1, -0.05) is 17.3 Å². The molecule has 0 fully saturated rings. The van der Waals surface area contributed by atoms with Crippen molar-refractivity contribution < 1.29 is 9.90 Å². The average molecular weight is 273 g/mol. The summed E-state index contributed by atoms with van der Waals surface area (Å²) in [5, 5.41) is 19.4. The van der Waals surface area contributed by atoms with E-state index in [0.29, 0.717) is 11.0 Å². The van der Waals surface area contributed by atoms with Crippen LogP contribution in [0.15, 0.2) is 35.7 Å². The van der Waals surface area contributed by atoms with Gasteiger partial charge in [-0.2, -0.15) is 0 Å². The monoisotopic (exact) mass is 273 g/mol. The van der Waals surface area contributed by atoms with Crippen LogP contribution in [-0.4, -0.2) is 26.1 Å². The number of fused-ring (bicyclic) bond motifs is 1. The van der Waals surface area contributed by atoms with Crippen LogP contribution in [0.5, 0.6) is 0 Å². The molecule has 2 heterocycles. The molecule has 0 radical (unpaired) electrons. The highest BCUT2D eigenvalue weighted by Gasteiger charge is 2.19. The van der Waals surface area contributed by atoms with E-state index in [-0.39, 0.29) is 11.6 Å². The number of thiophene rings is 1. The van der Waals surface area contributed by atoms with Crippen LogP contribution < -0.4 is 0 Å². The van der Waals surface area contributed by atoms with E-state index in [0.717, 1.165) is 4.88 Å². The van der Waals surface area contributed by atoms with E-state index >= 15 is 0 Å². The van der Waals surface area contributed by atoms with Crippen molar-refractivity contribution in [2.45, 2.75) is 13.0 Å². The molecule has 3 rings (SSSR count). The molecule has 0 saturated heterocycles. The maximum absolute atomic E-state index is 11.3. The van der Waals surface area contributed by atoms with Gasteiger partial charge in [0.05, 0.1) is 11.6 Å². The van der Waals surface area contributed by atoms with Crippen molar-refractivity contribution in [2.24, 2.45) is 0 Å². The third kappa shape index (κ3) is 1.90. The maximum Gasteiger partial charge on any atom is 0.337 e. The second-order valence-corrected chi connectivity index (χ2v) is 5.18. The zero-order valence-corrected chi connectivity index (χ0v) is 11.0. The smallest absolute Gasteiger partial charge is 0.337 e. The maximum atomic E-state index is 11.3. The molecule has 6 heteroatoms. The summed E-state index contributed by atoms with van der Waals surface area (Å²) in [7, 11) is 0. The third-order valence-electron chi connectivity index (χ3n) is 3.04. The van der Waals surface area contributed by atoms with E-state index in [4.69, 9.17) is 0 Å². The Morgan fingerprint density at radius 1 is 1.37 bits per heavy atom. The van der Waals surface area contributed by atoms with Crippen LogP contribution in [0, 0.1) is 0 Å². The quantitative estimate of drug-likeness (QED) is 0.796. The fourth-order valence-corrected chi connectivity index (χ4v) is 2.86. The van der Waals surface area contributed by atoms with Crippen molar-refractivity contribution in [1.82, 2.24) is 15.0 Å². The zero-order chi connectivity index (χ0) is 13.4. The molecule has 1 N–H and O–H groups in total. The minimum Gasteiger partial charge on any atom is -0.478 e. The number of hydrogen-bond acceptors (Lipinski definition) is 4. The molecule has 0 aliphatic rings. The Morgan fingerprint density at radius 2 is 2.21 bits per heavy atom. The molecule has 1 unspecified atom stereocenters. The first-order valence-electron chi connectivity index (χ1n) is 5.79. The summed E-state index contributed by atoms with van der Waals surface area (Å²) in [5.74, 6) is -0.965. The van der Waals surface area contributed by atoms with Gasteiger partial charge < -0.3 is 5.11 Å². The Kier molecular flexibility index (Phi) is 2.79. The standard InChI is InChI=1S/C13H11N3O2S/c1-8(11-6-3-7-19-11)16-12-9(13(17)18)4-2-5-10(12)14-15-16/h2-8H,1H3,(H,17,18). The molecule has 1 aromatic carbocycles. The lowest BCUT2D eigenvalue weighted by molar-refractivity contribution is 0.0698. The van der Waals surface area contributed by atoms with Crippen molar-refractivity contribution in [3.63, 3.8) is 0 Å². The van der Waals surface area contributed by atoms with E-state index in [9.17, 15) is 9.90 Å². The molecule has 2 aromatic heterocycles. The lowest BCUT2D eigenvalue weighted by Crippen LogP contribution is -2.10. The molecule has 0 spiro atoms. The summed E-state index contributed by atoms with van der Waals surface area (Å²) in [6, 6.07) is 8.96. The van der Waals surface area contributed by atoms with E-state index in [1.807, 2.05) is 24.4 Å². The number of aromatic nitrogens is 3. The molecule has 0 saturated carbocycles. The van der Waals surface area contributed by atoms with Gasteiger partial charge >= 0.3 is 5.97 Å². The van der Waals surface area contributed by atoms with Crippen LogP contribution in [0.25, 0.3) is 11.0 Å². The van der Waals surface area contributed by atoms with Crippen molar-refractivity contribution in [3.8, 4) is 0 Å². The number of rotatable bonds is 3. The number of carboxylic acids is 1. The van der Waals surface area contributed by atoms with Crippen LogP contribution in [0.4, 0.5) is 0 Å². The number of hydrogen-bond donors (Lipinski definition) is 1. The van der Waals surface area contributed by atoms with Crippen LogP contribution in [0.1, 0.15) is 28.2 Å². The van der Waals surface area contributed by atoms with Gasteiger partial charge in [0.2, 0.25) is 0 Å². The predicted octanol–water partition coefficient (Wildman–Crippen LogP) is 2.80. The first kappa shape index (κ1) is 11.9. The predicted molar refractivity (Wildman–Crippen MR) is 72.6 cm³/mol. The number of carbonyl (C=O) groups is 1. The molecule has 3 aromatic rings. The van der Waals surface area contributed by atoms with Gasteiger partial charge in [-0.3, -0.25) is 0 Å². The van der Waals surface area contributed by atoms with Gasteiger partial charge in [0.25, 0.3) is 0 Å². The van der Waals surface area contributed by atoms with Gasteiger partial charge in [0, 0.05) is 4.88 Å². The summed E-state index contributed by atoms with van der Waals surface area (Å²) in [6.45, 7) is 1.98. The Morgan fingerprint density at radius 3 is 2.89 bits per heavy atom. The highest BCUT2D eigenvalue weighted by molar-refractivity contribution is 7.10. The van der Waals surface area contributed by atoms with Gasteiger partial charge in [-0.05, 0) is 30.5 Å². The highest BCUT2D eigenvalue weighted by atomic mass is 32.1. The number of para-hydroxylation sites is 1. The van der Waals surface area contributed by atoms with Crippen LogP contribution in [0.3, 0.4) is 0 Å². The Labute approximate surface area is 113 Å². The minimum absolute atomic E-state index is 0.0366. The molecule has 0 bridgehead atoms. The number of nitrogens with zero attached hydrogens (tertiary/aromatic N) is 3. The van der Waals surface area contributed by atoms with E-state index < -0.39 is 5.97 Å². The van der Waals surface area contributed by atoms with E-state index in [2.05, 4.69) is 10.3 Å². The zero-order valence-electron chi connectivity index (χ0n) is 10.1. The van der Waals surface area contributed by atoms with Gasteiger partial charge in [-0.15, -0.1) is 16.4 Å². The van der Waals surface area contributed by atoms with Gasteiger partial charge in [0.1, 0.15) is 11.0 Å². The molecule has 96 valence electrons. The second kappa shape index (κ2) is 4.47. The van der Waals surface area contributed by atoms with Crippen LogP contribution in [-0.2, 0) is 0 Å². The molecule has 5 nitrogen and oxygen atoms in total. The number of carboxylic acid groups (broad SMARTS) is 1. The summed E-state index contributed by atoms with van der Waals surface area (Å²) in [4.78, 5) is 12.4. The molecule has 0 amide bonds. The normalized spacial score (nSPS) is 12.7. The van der Waals surface area contributed by atoms with Gasteiger partial charge in [-0.25, -0.2) is 9.48 Å². The average Bonchev–Trinajstić information content (AvgIpc) is 3.06. The molecule has 19 heavy (non-hydrogen) atoms. The summed E-state index contributed by atoms with van der Waals surface area (Å²) in [5.41, 5.74) is 1.39. The summed E-state index contributed by atoms with van der Waals surface area (Å²) >= 11 is 1.62. The van der Waals surface area contributed by atoms with Crippen molar-refractivity contribution in [2.75, 3.05) is 0 Å². The van der Waals surface area contributed by atoms with Crippen molar-refractivity contribution in [1.29, 1.82) is 0 Å². The molecule has 0 aliphatic heterocycles. The van der Waals surface area contributed by atoms with Crippen molar-refractivity contribution in [3.05, 3.63) is 46.2 Å². The molecule has 1 atom stereocenters. The van der Waals surface area contributed by atoms with Crippen molar-refractivity contribution >= 4 is 28.3 Å². The number of aromatic carboxylic acids is 1. The lowest BCUT2D eigenvalue weighted by atomic mass is 10.1. The lowest BCUT2D eigenvalue weighted by Gasteiger charge is -2.11. The highest BCUT2D eigenvalue weighted by Crippen LogP contribution is 2.26. The number of benzene rings is 1. The Bertz CT molecular complexity index is 734. The summed E-state index contributed by atoms with van der Waals surface area (Å²) < 4.78 is 1.67. The minimum atomic E-state index is -0.965. The van der Waals surface area contributed by atoms with Gasteiger partial charge in [0.15, 0.2) is 0 Å². The molecular formula is C13H11N3O2S. The largest absolute Gasteiger partial charge is 0.478 e. The third-order valence-corrected chi connectivity index (χ3v) is 4.09. The fourth-order valence-electron chi connectivity index (χ4n) is 2.09. The Balaban J connectivity index is 2.22. The van der Waals surface area contributed by atoms with E-state index in [1.165, 1.54) is 0 Å². The summed E-state index contributed by atoms with van der Waals surface area (Å²) in [6.07, 6.45) is 0. The van der Waals surface area contributed by atoms with Crippen LogP contribution >= 0.6 is 11.3 Å². The van der Waals surface area contributed by atoms with E-state index in [1.54, 1.807) is 34.2 Å². The molecule has 0 aliphatic carbocycles. The fraction of sp³-hybridized carbons (Fsp3) is 0.154. The first-order chi connectivity index (χ1) is 9.18. The SMILES string of the molecule is CC(c1cccs1)n1nnc2cccc(C(=O)O)c21. The van der Waals surface area contributed by atoms with Crippen LogP contribution in [0.2, 0.25) is 0 Å². The topological polar surface area (TPSA) is 68.0 Å². The second-order valence-electron chi connectivity index (χ2n) is 4.20. The molecular weight excluding hydrogens is 262 g/mol. The first-order valence-corrected chi connectivity index (χ1v) is 6.67.